The SMILES string of the molecule is CC[Si](C)(CC)NC=O. The molecule has 0 unspecified atom stereocenters. The van der Waals surface area contributed by atoms with Gasteiger partial charge in [0.2, 0.25) is 0 Å². The van der Waals surface area contributed by atoms with Crippen molar-refractivity contribution in [3.8, 4) is 0 Å². The zero-order chi connectivity index (χ0) is 7.33. The van der Waals surface area contributed by atoms with Crippen LogP contribution in [0.25, 0.3) is 0 Å². The normalized spacial score (nSPS) is 11.0. The first-order chi connectivity index (χ1) is 4.18. The molecule has 0 atom stereocenters. The summed E-state index contributed by atoms with van der Waals surface area (Å²) in [6.07, 6.45) is 0.833. The monoisotopic (exact) mass is 145 g/mol. The summed E-state index contributed by atoms with van der Waals surface area (Å²) in [5.74, 6) is 0. The van der Waals surface area contributed by atoms with E-state index >= 15 is 0 Å². The molecule has 1 amide bonds. The van der Waals surface area contributed by atoms with Crippen molar-refractivity contribution in [3.05, 3.63) is 0 Å². The maximum absolute atomic E-state index is 10.1. The van der Waals surface area contributed by atoms with Gasteiger partial charge in [0.25, 0.3) is 0 Å². The molecule has 0 aromatic heterocycles. The molecule has 0 aromatic carbocycles. The summed E-state index contributed by atoms with van der Waals surface area (Å²) in [6, 6.07) is 2.25. The van der Waals surface area contributed by atoms with Crippen LogP contribution >= 0.6 is 0 Å². The summed E-state index contributed by atoms with van der Waals surface area (Å²) >= 11 is 0. The lowest BCUT2D eigenvalue weighted by Crippen LogP contribution is -2.45. The Labute approximate surface area is 57.7 Å². The number of rotatable bonds is 4. The van der Waals surface area contributed by atoms with Gasteiger partial charge in [0, 0.05) is 0 Å². The second-order valence-corrected chi connectivity index (χ2v) is 7.35. The zero-order valence-corrected chi connectivity index (χ0v) is 7.40. The molecule has 0 aliphatic heterocycles. The van der Waals surface area contributed by atoms with Crippen molar-refractivity contribution >= 4 is 14.6 Å². The van der Waals surface area contributed by atoms with E-state index in [2.05, 4.69) is 25.4 Å². The highest BCUT2D eigenvalue weighted by Crippen LogP contribution is 2.08. The third-order valence-corrected chi connectivity index (χ3v) is 5.90. The number of nitrogens with one attached hydrogen (secondary N) is 1. The summed E-state index contributed by atoms with van der Waals surface area (Å²) in [5.41, 5.74) is 0. The lowest BCUT2D eigenvalue weighted by atomic mass is 10.9. The van der Waals surface area contributed by atoms with E-state index < -0.39 is 8.24 Å². The number of carbonyl (C=O) groups excluding carboxylic acids is 1. The van der Waals surface area contributed by atoms with Crippen molar-refractivity contribution in [1.29, 1.82) is 0 Å². The lowest BCUT2D eigenvalue weighted by molar-refractivity contribution is -0.108. The van der Waals surface area contributed by atoms with Crippen molar-refractivity contribution in [2.75, 3.05) is 0 Å². The Morgan fingerprint density at radius 1 is 1.44 bits per heavy atom. The lowest BCUT2D eigenvalue weighted by Gasteiger charge is -2.21. The summed E-state index contributed by atoms with van der Waals surface area (Å²) < 4.78 is 0. The zero-order valence-electron chi connectivity index (χ0n) is 6.40. The van der Waals surface area contributed by atoms with E-state index in [1.807, 2.05) is 0 Å². The van der Waals surface area contributed by atoms with Gasteiger partial charge in [0.05, 0.1) is 0 Å². The van der Waals surface area contributed by atoms with Gasteiger partial charge in [-0.25, -0.2) is 0 Å². The highest BCUT2D eigenvalue weighted by atomic mass is 28.3. The summed E-state index contributed by atoms with van der Waals surface area (Å²) in [6.45, 7) is 6.44. The summed E-state index contributed by atoms with van der Waals surface area (Å²) in [7, 11) is -1.32. The summed E-state index contributed by atoms with van der Waals surface area (Å²) in [4.78, 5) is 13.0. The van der Waals surface area contributed by atoms with E-state index in [-0.39, 0.29) is 0 Å². The van der Waals surface area contributed by atoms with E-state index in [0.29, 0.717) is 0 Å². The minimum Gasteiger partial charge on any atom is -0.384 e. The molecule has 0 aliphatic rings. The van der Waals surface area contributed by atoms with Crippen molar-refractivity contribution in [3.63, 3.8) is 0 Å². The van der Waals surface area contributed by atoms with Gasteiger partial charge >= 0.3 is 0 Å². The van der Waals surface area contributed by atoms with Crippen LogP contribution in [0.2, 0.25) is 18.6 Å². The molecule has 0 bridgehead atoms. The maximum atomic E-state index is 10.1. The minimum atomic E-state index is -1.32. The van der Waals surface area contributed by atoms with Crippen LogP contribution in [0, 0.1) is 0 Å². The first kappa shape index (κ1) is 8.69. The molecule has 1 N–H and O–H groups in total. The Morgan fingerprint density at radius 2 is 1.89 bits per heavy atom. The number of hydrogen-bond donors (Lipinski definition) is 1. The Kier molecular flexibility index (Phi) is 3.54. The Bertz CT molecular complexity index is 91.1. The quantitative estimate of drug-likeness (QED) is 0.469. The van der Waals surface area contributed by atoms with Gasteiger partial charge in [-0.2, -0.15) is 0 Å². The van der Waals surface area contributed by atoms with Gasteiger partial charge in [0.1, 0.15) is 0 Å². The fraction of sp³-hybridized carbons (Fsp3) is 0.833. The van der Waals surface area contributed by atoms with Crippen LogP contribution in [-0.4, -0.2) is 14.6 Å². The molecule has 0 aliphatic carbocycles. The molecule has 0 radical (unpaired) electrons. The van der Waals surface area contributed by atoms with Crippen LogP contribution in [0.1, 0.15) is 13.8 Å². The molecule has 0 rings (SSSR count). The number of amides is 1. The number of carbonyl (C=O) groups is 1. The van der Waals surface area contributed by atoms with Crippen molar-refractivity contribution < 1.29 is 4.79 Å². The van der Waals surface area contributed by atoms with Crippen LogP contribution < -0.4 is 4.98 Å². The maximum Gasteiger partial charge on any atom is 0.199 e. The molecule has 0 saturated carbocycles. The van der Waals surface area contributed by atoms with Crippen LogP contribution in [0.15, 0.2) is 0 Å². The predicted octanol–water partition coefficient (Wildman–Crippen LogP) is 1.35. The third-order valence-electron chi connectivity index (χ3n) is 1.97. The Morgan fingerprint density at radius 3 is 2.00 bits per heavy atom. The van der Waals surface area contributed by atoms with Crippen LogP contribution in [-0.2, 0) is 4.79 Å². The van der Waals surface area contributed by atoms with E-state index in [1.54, 1.807) is 0 Å². The van der Waals surface area contributed by atoms with Crippen molar-refractivity contribution in [2.45, 2.75) is 32.5 Å². The molecule has 54 valence electrons. The average Bonchev–Trinajstić information content (AvgIpc) is 1.89. The molecule has 0 spiro atoms. The fourth-order valence-corrected chi connectivity index (χ4v) is 1.79. The highest BCUT2D eigenvalue weighted by Gasteiger charge is 2.20. The molecule has 0 fully saturated rings. The van der Waals surface area contributed by atoms with Gasteiger partial charge in [-0.1, -0.05) is 20.4 Å². The van der Waals surface area contributed by atoms with E-state index in [4.69, 9.17) is 0 Å². The molecule has 0 aromatic rings. The standard InChI is InChI=1S/C6H15NOSi/c1-4-9(3,5-2)7-6-8/h6H,4-5H2,1-3H3,(H,7,8). The van der Waals surface area contributed by atoms with Crippen LogP contribution in [0.3, 0.4) is 0 Å². The average molecular weight is 145 g/mol. The van der Waals surface area contributed by atoms with E-state index in [9.17, 15) is 4.79 Å². The fourth-order valence-electron chi connectivity index (χ4n) is 0.596. The van der Waals surface area contributed by atoms with E-state index in [1.165, 1.54) is 0 Å². The smallest absolute Gasteiger partial charge is 0.199 e. The Balaban J connectivity index is 3.75. The van der Waals surface area contributed by atoms with Gasteiger partial charge in [-0.3, -0.25) is 4.79 Å². The molecular formula is C6H15NOSi. The predicted molar refractivity (Wildman–Crippen MR) is 41.8 cm³/mol. The first-order valence-corrected chi connectivity index (χ1v) is 6.31. The van der Waals surface area contributed by atoms with Gasteiger partial charge < -0.3 is 4.98 Å². The molecule has 3 heteroatoms. The Hall–Kier alpha value is -0.313. The molecule has 2 nitrogen and oxygen atoms in total. The minimum absolute atomic E-state index is 0.833. The molecular weight excluding hydrogens is 130 g/mol. The second-order valence-electron chi connectivity index (χ2n) is 2.53. The van der Waals surface area contributed by atoms with E-state index in [0.717, 1.165) is 18.5 Å². The van der Waals surface area contributed by atoms with Gasteiger partial charge in [-0.15, -0.1) is 0 Å². The van der Waals surface area contributed by atoms with Crippen LogP contribution in [0.5, 0.6) is 0 Å². The topological polar surface area (TPSA) is 29.1 Å². The molecule has 0 saturated heterocycles. The van der Waals surface area contributed by atoms with Gasteiger partial charge in [-0.05, 0) is 12.1 Å². The van der Waals surface area contributed by atoms with Gasteiger partial charge in [0.15, 0.2) is 14.6 Å². The largest absolute Gasteiger partial charge is 0.384 e. The van der Waals surface area contributed by atoms with Crippen LogP contribution in [0.4, 0.5) is 0 Å². The number of hydrogen-bond acceptors (Lipinski definition) is 1. The third kappa shape index (κ3) is 2.65. The summed E-state index contributed by atoms with van der Waals surface area (Å²) in [5, 5.41) is 0. The molecule has 0 heterocycles. The van der Waals surface area contributed by atoms with Crippen molar-refractivity contribution in [1.82, 2.24) is 4.98 Å². The highest BCUT2D eigenvalue weighted by molar-refractivity contribution is 6.77. The first-order valence-electron chi connectivity index (χ1n) is 3.40. The van der Waals surface area contributed by atoms with Crippen molar-refractivity contribution in [2.24, 2.45) is 0 Å². The second kappa shape index (κ2) is 3.66. The molecule has 9 heavy (non-hydrogen) atoms.